The maximum atomic E-state index is 5.44. The summed E-state index contributed by atoms with van der Waals surface area (Å²) in [4.78, 5) is 4.47. The molecule has 2 aliphatic heterocycles. The monoisotopic (exact) mass is 253 g/mol. The van der Waals surface area contributed by atoms with E-state index in [0.717, 1.165) is 44.8 Å². The molecule has 2 fully saturated rings. The summed E-state index contributed by atoms with van der Waals surface area (Å²) in [7, 11) is 0. The lowest BCUT2D eigenvalue weighted by Crippen LogP contribution is -2.42. The zero-order valence-corrected chi connectivity index (χ0v) is 10.4. The molecule has 2 atom stereocenters. The third-order valence-electron chi connectivity index (χ3n) is 3.43. The van der Waals surface area contributed by atoms with Crippen LogP contribution in [0.2, 0.25) is 0 Å². The van der Waals surface area contributed by atoms with Crippen LogP contribution < -0.4 is 5.32 Å². The lowest BCUT2D eigenvalue weighted by Gasteiger charge is -2.22. The Morgan fingerprint density at radius 1 is 1.22 bits per heavy atom. The first-order valence-electron chi connectivity index (χ1n) is 6.63. The highest BCUT2D eigenvalue weighted by molar-refractivity contribution is 4.98. The van der Waals surface area contributed by atoms with Crippen molar-refractivity contribution in [1.29, 1.82) is 0 Å². The molecule has 0 aromatic carbocycles. The molecule has 0 spiro atoms. The predicted octanol–water partition coefficient (Wildman–Crippen LogP) is 0.494. The van der Waals surface area contributed by atoms with Gasteiger partial charge >= 0.3 is 0 Å². The van der Waals surface area contributed by atoms with E-state index in [1.165, 1.54) is 0 Å². The van der Waals surface area contributed by atoms with E-state index in [1.54, 1.807) is 0 Å². The second kappa shape index (κ2) is 5.77. The van der Waals surface area contributed by atoms with Crippen LogP contribution >= 0.6 is 0 Å². The first-order chi connectivity index (χ1) is 8.92. The smallest absolute Gasteiger partial charge is 0.228 e. The predicted molar refractivity (Wildman–Crippen MR) is 63.4 cm³/mol. The van der Waals surface area contributed by atoms with Crippen LogP contribution in [0, 0.1) is 0 Å². The van der Waals surface area contributed by atoms with E-state index in [4.69, 9.17) is 14.0 Å². The number of hydrogen-bond acceptors (Lipinski definition) is 6. The number of nitrogens with one attached hydrogen (secondary N) is 1. The summed E-state index contributed by atoms with van der Waals surface area (Å²) in [6.07, 6.45) is 2.90. The molecule has 1 aromatic heterocycles. The highest BCUT2D eigenvalue weighted by Gasteiger charge is 2.23. The van der Waals surface area contributed by atoms with Gasteiger partial charge in [-0.15, -0.1) is 0 Å². The minimum atomic E-state index is 0.287. The summed E-state index contributed by atoms with van der Waals surface area (Å²) in [5.74, 6) is 1.78. The molecule has 3 heterocycles. The molecule has 0 aliphatic carbocycles. The molecule has 2 unspecified atom stereocenters. The molecule has 0 bridgehead atoms. The number of morpholine rings is 1. The number of hydrogen-bond donors (Lipinski definition) is 1. The standard InChI is InChI=1S/C12H19N3O3/c1-2-9(7-16-4-1)12-14-11(18-15-12)6-10-8-17-5-3-13-10/h9-10,13H,1-8H2. The Morgan fingerprint density at radius 2 is 2.17 bits per heavy atom. The van der Waals surface area contributed by atoms with Gasteiger partial charge in [0.15, 0.2) is 5.82 Å². The van der Waals surface area contributed by atoms with Gasteiger partial charge in [0.2, 0.25) is 5.89 Å². The van der Waals surface area contributed by atoms with Gasteiger partial charge in [0.05, 0.1) is 19.8 Å². The van der Waals surface area contributed by atoms with Gasteiger partial charge < -0.3 is 19.3 Å². The molecule has 0 amide bonds. The van der Waals surface area contributed by atoms with Crippen LogP contribution in [0.4, 0.5) is 0 Å². The first-order valence-corrected chi connectivity index (χ1v) is 6.63. The van der Waals surface area contributed by atoms with Crippen LogP contribution in [0.15, 0.2) is 4.52 Å². The minimum absolute atomic E-state index is 0.287. The fraction of sp³-hybridized carbons (Fsp3) is 0.833. The summed E-state index contributed by atoms with van der Waals surface area (Å²) in [5, 5.41) is 7.45. The van der Waals surface area contributed by atoms with Crippen LogP contribution in [-0.2, 0) is 15.9 Å². The first kappa shape index (κ1) is 12.1. The maximum Gasteiger partial charge on any atom is 0.228 e. The largest absolute Gasteiger partial charge is 0.381 e. The van der Waals surface area contributed by atoms with Crippen molar-refractivity contribution in [3.63, 3.8) is 0 Å². The van der Waals surface area contributed by atoms with Crippen LogP contribution in [0.1, 0.15) is 30.5 Å². The molecule has 2 aliphatic rings. The summed E-state index contributed by atoms with van der Waals surface area (Å²) in [6, 6.07) is 0.287. The van der Waals surface area contributed by atoms with Crippen molar-refractivity contribution in [3.05, 3.63) is 11.7 Å². The van der Waals surface area contributed by atoms with Gasteiger partial charge in [-0.05, 0) is 12.8 Å². The van der Waals surface area contributed by atoms with Gasteiger partial charge in [0.1, 0.15) is 0 Å². The lowest BCUT2D eigenvalue weighted by atomic mass is 10.0. The lowest BCUT2D eigenvalue weighted by molar-refractivity contribution is 0.0743. The zero-order chi connectivity index (χ0) is 12.2. The van der Waals surface area contributed by atoms with E-state index >= 15 is 0 Å². The highest BCUT2D eigenvalue weighted by atomic mass is 16.5. The number of aromatic nitrogens is 2. The summed E-state index contributed by atoms with van der Waals surface area (Å²) in [6.45, 7) is 3.95. The fourth-order valence-corrected chi connectivity index (χ4v) is 2.42. The minimum Gasteiger partial charge on any atom is -0.381 e. The van der Waals surface area contributed by atoms with Crippen molar-refractivity contribution in [2.75, 3.05) is 33.0 Å². The topological polar surface area (TPSA) is 69.4 Å². The van der Waals surface area contributed by atoms with Crippen LogP contribution in [0.3, 0.4) is 0 Å². The Hall–Kier alpha value is -0.980. The van der Waals surface area contributed by atoms with Gasteiger partial charge in [-0.3, -0.25) is 0 Å². The second-order valence-corrected chi connectivity index (χ2v) is 4.89. The number of nitrogens with zero attached hydrogens (tertiary/aromatic N) is 2. The SMILES string of the molecule is C1COCC(c2noc(CC3COCCN3)n2)C1. The second-order valence-electron chi connectivity index (χ2n) is 4.89. The summed E-state index contributed by atoms with van der Waals surface area (Å²) < 4.78 is 16.2. The van der Waals surface area contributed by atoms with Gasteiger partial charge in [0, 0.05) is 31.5 Å². The maximum absolute atomic E-state index is 5.44. The van der Waals surface area contributed by atoms with Crippen LogP contribution in [-0.4, -0.2) is 49.2 Å². The molecule has 0 saturated carbocycles. The average molecular weight is 253 g/mol. The summed E-state index contributed by atoms with van der Waals surface area (Å²) in [5.41, 5.74) is 0. The van der Waals surface area contributed by atoms with Crippen LogP contribution in [0.5, 0.6) is 0 Å². The van der Waals surface area contributed by atoms with Crippen molar-refractivity contribution in [2.24, 2.45) is 0 Å². The Morgan fingerprint density at radius 3 is 2.94 bits per heavy atom. The molecule has 2 saturated heterocycles. The van der Waals surface area contributed by atoms with Crippen molar-refractivity contribution in [3.8, 4) is 0 Å². The zero-order valence-electron chi connectivity index (χ0n) is 10.4. The number of rotatable bonds is 3. The third-order valence-corrected chi connectivity index (χ3v) is 3.43. The van der Waals surface area contributed by atoms with E-state index in [0.29, 0.717) is 25.0 Å². The quantitative estimate of drug-likeness (QED) is 0.845. The van der Waals surface area contributed by atoms with E-state index in [2.05, 4.69) is 15.5 Å². The van der Waals surface area contributed by atoms with Gasteiger partial charge in [-0.2, -0.15) is 4.98 Å². The molecule has 1 N–H and O–H groups in total. The fourth-order valence-electron chi connectivity index (χ4n) is 2.42. The van der Waals surface area contributed by atoms with E-state index in [-0.39, 0.29) is 6.04 Å². The van der Waals surface area contributed by atoms with Gasteiger partial charge in [-0.1, -0.05) is 5.16 Å². The average Bonchev–Trinajstić information content (AvgIpc) is 2.89. The van der Waals surface area contributed by atoms with Gasteiger partial charge in [-0.25, -0.2) is 0 Å². The summed E-state index contributed by atoms with van der Waals surface area (Å²) >= 11 is 0. The van der Waals surface area contributed by atoms with Crippen molar-refractivity contribution >= 4 is 0 Å². The van der Waals surface area contributed by atoms with Crippen molar-refractivity contribution < 1.29 is 14.0 Å². The van der Waals surface area contributed by atoms with Crippen molar-refractivity contribution in [2.45, 2.75) is 31.2 Å². The molecule has 1 aromatic rings. The third kappa shape index (κ3) is 2.88. The molecule has 6 heteroatoms. The normalized spacial score (nSPS) is 29.3. The molecule has 100 valence electrons. The molecule has 6 nitrogen and oxygen atoms in total. The Balaban J connectivity index is 1.58. The molecule has 3 rings (SSSR count). The molecule has 0 radical (unpaired) electrons. The van der Waals surface area contributed by atoms with Crippen LogP contribution in [0.25, 0.3) is 0 Å². The Labute approximate surface area is 106 Å². The van der Waals surface area contributed by atoms with E-state index in [1.807, 2.05) is 0 Å². The van der Waals surface area contributed by atoms with E-state index < -0.39 is 0 Å². The van der Waals surface area contributed by atoms with E-state index in [9.17, 15) is 0 Å². The Bertz CT molecular complexity index is 370. The highest BCUT2D eigenvalue weighted by Crippen LogP contribution is 2.23. The molecular weight excluding hydrogens is 234 g/mol. The Kier molecular flexibility index (Phi) is 3.87. The molecule has 18 heavy (non-hydrogen) atoms. The number of ether oxygens (including phenoxy) is 2. The molecular formula is C12H19N3O3. The van der Waals surface area contributed by atoms with Gasteiger partial charge in [0.25, 0.3) is 0 Å². The van der Waals surface area contributed by atoms with Crippen molar-refractivity contribution in [1.82, 2.24) is 15.5 Å².